The zero-order chi connectivity index (χ0) is 28.9. The zero-order valence-electron chi connectivity index (χ0n) is 23.2. The fraction of sp³-hybridized carbons (Fsp3) is 0.212. The molecule has 1 aliphatic heterocycles. The largest absolute Gasteiger partial charge is 0.338 e. The molecule has 7 nitrogen and oxygen atoms in total. The summed E-state index contributed by atoms with van der Waals surface area (Å²) in [6, 6.07) is 33.7. The smallest absolute Gasteiger partial charge is 0.234 e. The van der Waals surface area contributed by atoms with E-state index in [0.29, 0.717) is 24.8 Å². The maximum Gasteiger partial charge on any atom is 0.234 e. The molecule has 3 heterocycles. The van der Waals surface area contributed by atoms with Gasteiger partial charge in [-0.25, -0.2) is 0 Å². The SMILES string of the molecule is CC1CN(C(=O)CSc2nnc(-c3cccs3)n2-c2ccccc2)CCN1C(=O)C(c1ccccc1)c1ccccc1. The average molecular weight is 594 g/mol. The monoisotopic (exact) mass is 593 g/mol. The summed E-state index contributed by atoms with van der Waals surface area (Å²) in [5, 5.41) is 11.6. The van der Waals surface area contributed by atoms with Crippen LogP contribution in [0.2, 0.25) is 0 Å². The lowest BCUT2D eigenvalue weighted by molar-refractivity contribution is -0.141. The predicted octanol–water partition coefficient (Wildman–Crippen LogP) is 5.98. The van der Waals surface area contributed by atoms with Crippen molar-refractivity contribution in [2.75, 3.05) is 25.4 Å². The number of para-hydroxylation sites is 1. The Morgan fingerprint density at radius 1 is 0.857 bits per heavy atom. The number of aromatic nitrogens is 3. The first-order valence-electron chi connectivity index (χ1n) is 14.0. The Hall–Kier alpha value is -4.21. The van der Waals surface area contributed by atoms with E-state index >= 15 is 0 Å². The van der Waals surface area contributed by atoms with Crippen LogP contribution in [-0.4, -0.2) is 67.8 Å². The van der Waals surface area contributed by atoms with Crippen LogP contribution >= 0.6 is 23.1 Å². The van der Waals surface area contributed by atoms with Crippen LogP contribution in [0.4, 0.5) is 0 Å². The lowest BCUT2D eigenvalue weighted by Gasteiger charge is -2.41. The Morgan fingerprint density at radius 2 is 1.50 bits per heavy atom. The van der Waals surface area contributed by atoms with E-state index in [1.165, 1.54) is 11.8 Å². The van der Waals surface area contributed by atoms with E-state index in [4.69, 9.17) is 0 Å². The van der Waals surface area contributed by atoms with E-state index in [1.54, 1.807) is 11.3 Å². The second-order valence-electron chi connectivity index (χ2n) is 10.2. The summed E-state index contributed by atoms with van der Waals surface area (Å²) in [7, 11) is 0. The van der Waals surface area contributed by atoms with Crippen molar-refractivity contribution in [2.24, 2.45) is 0 Å². The van der Waals surface area contributed by atoms with Crippen LogP contribution in [0.1, 0.15) is 24.0 Å². The van der Waals surface area contributed by atoms with E-state index < -0.39 is 0 Å². The molecule has 0 bridgehead atoms. The first kappa shape index (κ1) is 27.9. The molecule has 212 valence electrons. The third-order valence-corrected chi connectivity index (χ3v) is 9.27. The van der Waals surface area contributed by atoms with Crippen molar-refractivity contribution in [2.45, 2.75) is 24.0 Å². The minimum absolute atomic E-state index is 0.0295. The zero-order valence-corrected chi connectivity index (χ0v) is 24.9. The molecule has 2 aromatic heterocycles. The molecule has 0 spiro atoms. The Bertz CT molecular complexity index is 1590. The van der Waals surface area contributed by atoms with Crippen LogP contribution in [0.25, 0.3) is 16.4 Å². The number of carbonyl (C=O) groups excluding carboxylic acids is 2. The summed E-state index contributed by atoms with van der Waals surface area (Å²) in [4.78, 5) is 32.2. The van der Waals surface area contributed by atoms with Crippen molar-refractivity contribution in [1.29, 1.82) is 0 Å². The molecule has 1 aliphatic rings. The fourth-order valence-electron chi connectivity index (χ4n) is 5.40. The van der Waals surface area contributed by atoms with Crippen molar-refractivity contribution < 1.29 is 9.59 Å². The molecule has 1 fully saturated rings. The number of piperazine rings is 1. The van der Waals surface area contributed by atoms with E-state index in [9.17, 15) is 9.59 Å². The molecule has 1 atom stereocenters. The Labute approximate surface area is 253 Å². The minimum atomic E-state index is -0.380. The maximum absolute atomic E-state index is 14.0. The molecule has 6 rings (SSSR count). The number of benzene rings is 3. The molecule has 0 aliphatic carbocycles. The molecule has 42 heavy (non-hydrogen) atoms. The lowest BCUT2D eigenvalue weighted by atomic mass is 9.89. The average Bonchev–Trinajstić information content (AvgIpc) is 3.72. The van der Waals surface area contributed by atoms with Crippen LogP contribution in [0.5, 0.6) is 0 Å². The molecule has 5 aromatic rings. The van der Waals surface area contributed by atoms with Gasteiger partial charge >= 0.3 is 0 Å². The number of thioether (sulfide) groups is 1. The highest BCUT2D eigenvalue weighted by Crippen LogP contribution is 2.31. The highest BCUT2D eigenvalue weighted by Gasteiger charge is 2.34. The predicted molar refractivity (Wildman–Crippen MR) is 168 cm³/mol. The van der Waals surface area contributed by atoms with Crippen molar-refractivity contribution in [3.8, 4) is 16.4 Å². The topological polar surface area (TPSA) is 71.3 Å². The number of rotatable bonds is 8. The van der Waals surface area contributed by atoms with Crippen LogP contribution in [-0.2, 0) is 9.59 Å². The van der Waals surface area contributed by atoms with Gasteiger partial charge in [-0.2, -0.15) is 0 Å². The molecular formula is C33H31N5O2S2. The maximum atomic E-state index is 14.0. The van der Waals surface area contributed by atoms with Crippen LogP contribution in [0, 0.1) is 0 Å². The van der Waals surface area contributed by atoms with Gasteiger partial charge in [0.25, 0.3) is 0 Å². The quantitative estimate of drug-likeness (QED) is 0.207. The summed E-state index contributed by atoms with van der Waals surface area (Å²) in [6.45, 7) is 3.51. The van der Waals surface area contributed by atoms with Gasteiger partial charge < -0.3 is 9.80 Å². The summed E-state index contributed by atoms with van der Waals surface area (Å²) >= 11 is 3.00. The van der Waals surface area contributed by atoms with Crippen molar-refractivity contribution in [3.63, 3.8) is 0 Å². The van der Waals surface area contributed by atoms with Gasteiger partial charge in [0.05, 0.1) is 16.5 Å². The third kappa shape index (κ3) is 5.89. The number of hydrogen-bond acceptors (Lipinski definition) is 6. The van der Waals surface area contributed by atoms with E-state index in [2.05, 4.69) is 10.2 Å². The number of amides is 2. The second kappa shape index (κ2) is 12.8. The van der Waals surface area contributed by atoms with Crippen molar-refractivity contribution in [3.05, 3.63) is 120 Å². The lowest BCUT2D eigenvalue weighted by Crippen LogP contribution is -2.56. The van der Waals surface area contributed by atoms with Crippen LogP contribution in [0.3, 0.4) is 0 Å². The summed E-state index contributed by atoms with van der Waals surface area (Å²) in [5.74, 6) is 0.723. The molecule has 0 N–H and O–H groups in total. The van der Waals surface area contributed by atoms with Gasteiger partial charge in [0.15, 0.2) is 11.0 Å². The molecular weight excluding hydrogens is 563 g/mol. The molecule has 2 amide bonds. The molecule has 3 aromatic carbocycles. The summed E-state index contributed by atoms with van der Waals surface area (Å²) in [5.41, 5.74) is 2.90. The van der Waals surface area contributed by atoms with Crippen molar-refractivity contribution >= 4 is 34.9 Å². The molecule has 0 radical (unpaired) electrons. The molecule has 1 saturated heterocycles. The van der Waals surface area contributed by atoms with Gasteiger partial charge in [-0.05, 0) is 41.6 Å². The van der Waals surface area contributed by atoms with Crippen molar-refractivity contribution in [1.82, 2.24) is 24.6 Å². The van der Waals surface area contributed by atoms with Gasteiger partial charge in [0.1, 0.15) is 0 Å². The normalized spacial score (nSPS) is 15.2. The van der Waals surface area contributed by atoms with Crippen LogP contribution in [0.15, 0.2) is 114 Å². The van der Waals surface area contributed by atoms with E-state index in [-0.39, 0.29) is 29.5 Å². The van der Waals surface area contributed by atoms with Gasteiger partial charge in [-0.15, -0.1) is 21.5 Å². The first-order valence-corrected chi connectivity index (χ1v) is 15.8. The first-order chi connectivity index (χ1) is 20.6. The van der Waals surface area contributed by atoms with Gasteiger partial charge in [0.2, 0.25) is 11.8 Å². The molecule has 1 unspecified atom stereocenters. The standard InChI is InChI=1S/C33H31N5O2S2/c1-24-22-36(19-20-37(24)32(40)30(25-12-5-2-6-13-25)26-14-7-3-8-15-26)29(39)23-42-33-35-34-31(28-18-11-21-41-28)38(33)27-16-9-4-10-17-27/h2-18,21,24,30H,19-20,22-23H2,1H3. The third-order valence-electron chi connectivity index (χ3n) is 7.49. The Balaban J connectivity index is 1.14. The molecule has 9 heteroatoms. The Morgan fingerprint density at radius 3 is 2.10 bits per heavy atom. The van der Waals surface area contributed by atoms with E-state index in [0.717, 1.165) is 27.5 Å². The highest BCUT2D eigenvalue weighted by molar-refractivity contribution is 7.99. The summed E-state index contributed by atoms with van der Waals surface area (Å²) < 4.78 is 2.01. The Kier molecular flexibility index (Phi) is 8.48. The summed E-state index contributed by atoms with van der Waals surface area (Å²) in [6.07, 6.45) is 0. The number of hydrogen-bond donors (Lipinski definition) is 0. The highest BCUT2D eigenvalue weighted by atomic mass is 32.2. The number of carbonyl (C=O) groups is 2. The van der Waals surface area contributed by atoms with Gasteiger partial charge in [-0.1, -0.05) is 96.7 Å². The van der Waals surface area contributed by atoms with Crippen LogP contribution < -0.4 is 0 Å². The number of thiophene rings is 1. The number of nitrogens with zero attached hydrogens (tertiary/aromatic N) is 5. The second-order valence-corrected chi connectivity index (χ2v) is 12.1. The minimum Gasteiger partial charge on any atom is -0.338 e. The van der Waals surface area contributed by atoms with Gasteiger partial charge in [-0.3, -0.25) is 14.2 Å². The van der Waals surface area contributed by atoms with E-state index in [1.807, 2.05) is 130 Å². The molecule has 0 saturated carbocycles. The fourth-order valence-corrected chi connectivity index (χ4v) is 6.96. The van der Waals surface area contributed by atoms with Gasteiger partial charge in [0, 0.05) is 31.4 Å².